The molecule has 0 bridgehead atoms. The number of nitrogens with one attached hydrogen (secondary N) is 1. The fourth-order valence-corrected chi connectivity index (χ4v) is 4.78. The standard InChI is InChI=1S/C21H22N4O3S2/c1-3-8-22-17-15(19(26)24-9-4-6-13(2)18(24)23-17)11-16-20(27)25(21(29)30-16)12-14-7-5-10-28-14/h3-4,6,9,11,14,22H,1,5,7-8,10,12H2,2H3. The molecule has 0 saturated carbocycles. The molecule has 9 heteroatoms. The quantitative estimate of drug-likeness (QED) is 0.419. The lowest BCUT2D eigenvalue weighted by molar-refractivity contribution is -0.123. The van der Waals surface area contributed by atoms with Crippen LogP contribution in [0, 0.1) is 6.92 Å². The van der Waals surface area contributed by atoms with Crippen LogP contribution in [-0.2, 0) is 9.53 Å². The van der Waals surface area contributed by atoms with Crippen molar-refractivity contribution in [2.24, 2.45) is 0 Å². The van der Waals surface area contributed by atoms with Crippen molar-refractivity contribution in [2.75, 3.05) is 25.0 Å². The molecule has 4 rings (SSSR count). The summed E-state index contributed by atoms with van der Waals surface area (Å²) >= 11 is 6.62. The van der Waals surface area contributed by atoms with E-state index in [9.17, 15) is 9.59 Å². The average molecular weight is 443 g/mol. The molecule has 2 aromatic rings. The highest BCUT2D eigenvalue weighted by Crippen LogP contribution is 2.34. The maximum Gasteiger partial charge on any atom is 0.267 e. The summed E-state index contributed by atoms with van der Waals surface area (Å²) in [5.41, 5.74) is 1.51. The van der Waals surface area contributed by atoms with Crippen molar-refractivity contribution in [3.63, 3.8) is 0 Å². The maximum atomic E-state index is 13.2. The molecule has 0 radical (unpaired) electrons. The van der Waals surface area contributed by atoms with E-state index in [2.05, 4.69) is 16.9 Å². The summed E-state index contributed by atoms with van der Waals surface area (Å²) in [6.07, 6.45) is 6.87. The van der Waals surface area contributed by atoms with E-state index >= 15 is 0 Å². The van der Waals surface area contributed by atoms with Crippen LogP contribution in [0.4, 0.5) is 5.82 Å². The van der Waals surface area contributed by atoms with Gasteiger partial charge in [0.15, 0.2) is 0 Å². The van der Waals surface area contributed by atoms with Crippen molar-refractivity contribution < 1.29 is 9.53 Å². The van der Waals surface area contributed by atoms with Crippen molar-refractivity contribution in [3.05, 3.63) is 57.4 Å². The number of carbonyl (C=O) groups is 1. The smallest absolute Gasteiger partial charge is 0.267 e. The lowest BCUT2D eigenvalue weighted by Gasteiger charge is -2.18. The second-order valence-electron chi connectivity index (χ2n) is 7.16. The van der Waals surface area contributed by atoms with Gasteiger partial charge in [-0.25, -0.2) is 4.98 Å². The molecule has 2 aliphatic rings. The summed E-state index contributed by atoms with van der Waals surface area (Å²) < 4.78 is 7.61. The van der Waals surface area contributed by atoms with Gasteiger partial charge in [0.05, 0.1) is 23.1 Å². The van der Waals surface area contributed by atoms with Crippen LogP contribution in [0.3, 0.4) is 0 Å². The monoisotopic (exact) mass is 442 g/mol. The lowest BCUT2D eigenvalue weighted by Crippen LogP contribution is -2.35. The van der Waals surface area contributed by atoms with Gasteiger partial charge in [0.25, 0.3) is 11.5 Å². The Labute approximate surface area is 183 Å². The highest BCUT2D eigenvalue weighted by molar-refractivity contribution is 8.26. The number of amides is 1. The lowest BCUT2D eigenvalue weighted by atomic mass is 10.2. The normalized spacial score (nSPS) is 20.5. The van der Waals surface area contributed by atoms with E-state index in [0.29, 0.717) is 46.0 Å². The highest BCUT2D eigenvalue weighted by Gasteiger charge is 2.35. The highest BCUT2D eigenvalue weighted by atomic mass is 32.2. The average Bonchev–Trinajstić information content (AvgIpc) is 3.33. The van der Waals surface area contributed by atoms with Crippen LogP contribution < -0.4 is 10.9 Å². The van der Waals surface area contributed by atoms with Gasteiger partial charge in [-0.15, -0.1) is 6.58 Å². The summed E-state index contributed by atoms with van der Waals surface area (Å²) in [7, 11) is 0. The fourth-order valence-electron chi connectivity index (χ4n) is 3.53. The minimum Gasteiger partial charge on any atom is -0.376 e. The van der Waals surface area contributed by atoms with Crippen LogP contribution in [0.1, 0.15) is 24.0 Å². The molecule has 30 heavy (non-hydrogen) atoms. The van der Waals surface area contributed by atoms with Crippen molar-refractivity contribution >= 4 is 51.7 Å². The Balaban J connectivity index is 1.74. The Bertz CT molecular complexity index is 1120. The van der Waals surface area contributed by atoms with E-state index < -0.39 is 0 Å². The van der Waals surface area contributed by atoms with Crippen LogP contribution in [0.15, 0.2) is 40.7 Å². The summed E-state index contributed by atoms with van der Waals surface area (Å²) in [5.74, 6) is 0.211. The molecular formula is C21H22N4O3S2. The summed E-state index contributed by atoms with van der Waals surface area (Å²) in [6.45, 7) is 7.20. The summed E-state index contributed by atoms with van der Waals surface area (Å²) in [6, 6.07) is 3.70. The van der Waals surface area contributed by atoms with E-state index in [0.717, 1.165) is 18.4 Å². The Kier molecular flexibility index (Phi) is 6.03. The Hall–Kier alpha value is -2.49. The first-order valence-corrected chi connectivity index (χ1v) is 11.0. The zero-order chi connectivity index (χ0) is 21.3. The van der Waals surface area contributed by atoms with E-state index in [1.807, 2.05) is 13.0 Å². The minimum atomic E-state index is -0.250. The molecule has 2 fully saturated rings. The number of thioether (sulfide) groups is 1. The Morgan fingerprint density at radius 2 is 2.30 bits per heavy atom. The van der Waals surface area contributed by atoms with Gasteiger partial charge >= 0.3 is 0 Å². The van der Waals surface area contributed by atoms with Gasteiger partial charge in [-0.2, -0.15) is 0 Å². The van der Waals surface area contributed by atoms with Gasteiger partial charge < -0.3 is 10.1 Å². The number of fused-ring (bicyclic) bond motifs is 1. The third-order valence-electron chi connectivity index (χ3n) is 5.06. The van der Waals surface area contributed by atoms with Crippen LogP contribution in [0.25, 0.3) is 11.7 Å². The predicted molar refractivity (Wildman–Crippen MR) is 124 cm³/mol. The predicted octanol–water partition coefficient (Wildman–Crippen LogP) is 2.98. The van der Waals surface area contributed by atoms with Crippen LogP contribution in [-0.4, -0.2) is 50.3 Å². The molecule has 1 N–H and O–H groups in total. The van der Waals surface area contributed by atoms with Gasteiger partial charge in [0, 0.05) is 19.3 Å². The molecule has 7 nitrogen and oxygen atoms in total. The number of anilines is 1. The number of aryl methyl sites for hydroxylation is 1. The Morgan fingerprint density at radius 1 is 1.47 bits per heavy atom. The second-order valence-corrected chi connectivity index (χ2v) is 8.84. The number of ether oxygens (including phenoxy) is 1. The zero-order valence-corrected chi connectivity index (χ0v) is 18.2. The molecule has 156 valence electrons. The summed E-state index contributed by atoms with van der Waals surface area (Å²) in [5, 5.41) is 3.12. The van der Waals surface area contributed by atoms with E-state index in [-0.39, 0.29) is 17.6 Å². The number of rotatable bonds is 6. The molecule has 4 heterocycles. The van der Waals surface area contributed by atoms with Gasteiger partial charge in [-0.3, -0.25) is 18.9 Å². The topological polar surface area (TPSA) is 75.9 Å². The second kappa shape index (κ2) is 8.71. The molecule has 1 amide bonds. The third kappa shape index (κ3) is 3.92. The first-order chi connectivity index (χ1) is 14.5. The van der Waals surface area contributed by atoms with Gasteiger partial charge in [0.1, 0.15) is 15.8 Å². The number of hydrogen-bond donors (Lipinski definition) is 1. The molecule has 0 aromatic carbocycles. The van der Waals surface area contributed by atoms with Crippen molar-refractivity contribution in [1.29, 1.82) is 0 Å². The number of aromatic nitrogens is 2. The SMILES string of the molecule is C=CCNc1nc2c(C)cccn2c(=O)c1C=C1SC(=S)N(CC2CCCO2)C1=O. The molecule has 1 unspecified atom stereocenters. The van der Waals surface area contributed by atoms with E-state index in [4.69, 9.17) is 17.0 Å². The molecular weight excluding hydrogens is 420 g/mol. The van der Waals surface area contributed by atoms with Crippen molar-refractivity contribution in [2.45, 2.75) is 25.9 Å². The number of pyridine rings is 1. The first kappa shape index (κ1) is 20.8. The third-order valence-corrected chi connectivity index (χ3v) is 6.44. The zero-order valence-electron chi connectivity index (χ0n) is 16.6. The molecule has 2 saturated heterocycles. The van der Waals surface area contributed by atoms with Crippen LogP contribution in [0.2, 0.25) is 0 Å². The van der Waals surface area contributed by atoms with Gasteiger partial charge in [-0.05, 0) is 37.5 Å². The molecule has 2 aromatic heterocycles. The largest absolute Gasteiger partial charge is 0.376 e. The molecule has 0 aliphatic carbocycles. The first-order valence-electron chi connectivity index (χ1n) is 9.73. The maximum absolute atomic E-state index is 13.2. The Morgan fingerprint density at radius 3 is 3.03 bits per heavy atom. The van der Waals surface area contributed by atoms with Gasteiger partial charge in [0.2, 0.25) is 0 Å². The van der Waals surface area contributed by atoms with Crippen molar-refractivity contribution in [3.8, 4) is 0 Å². The van der Waals surface area contributed by atoms with Gasteiger partial charge in [-0.1, -0.05) is 36.1 Å². The van der Waals surface area contributed by atoms with E-state index in [1.165, 1.54) is 16.2 Å². The molecule has 1 atom stereocenters. The molecule has 2 aliphatic heterocycles. The summed E-state index contributed by atoms with van der Waals surface area (Å²) in [4.78, 5) is 32.8. The fraction of sp³-hybridized carbons (Fsp3) is 0.333. The van der Waals surface area contributed by atoms with Crippen molar-refractivity contribution in [1.82, 2.24) is 14.3 Å². The van der Waals surface area contributed by atoms with Crippen LogP contribution in [0.5, 0.6) is 0 Å². The number of thiocarbonyl (C=S) groups is 1. The van der Waals surface area contributed by atoms with Crippen LogP contribution >= 0.6 is 24.0 Å². The number of hydrogen-bond acceptors (Lipinski definition) is 7. The molecule has 0 spiro atoms. The minimum absolute atomic E-state index is 0.00704. The number of nitrogens with zero attached hydrogens (tertiary/aromatic N) is 3. The van der Waals surface area contributed by atoms with E-state index in [1.54, 1.807) is 29.3 Å². The number of carbonyl (C=O) groups excluding carboxylic acids is 1.